The lowest BCUT2D eigenvalue weighted by Gasteiger charge is -2.13. The average molecular weight is 443 g/mol. The molecule has 0 aliphatic carbocycles. The Labute approximate surface area is 192 Å². The Hall–Kier alpha value is -4.07. The van der Waals surface area contributed by atoms with Crippen LogP contribution in [0.15, 0.2) is 67.1 Å². The van der Waals surface area contributed by atoms with E-state index in [4.69, 9.17) is 0 Å². The predicted molar refractivity (Wildman–Crippen MR) is 127 cm³/mol. The van der Waals surface area contributed by atoms with E-state index in [-0.39, 0.29) is 17.5 Å². The number of fused-ring (bicyclic) bond motifs is 1. The number of carbonyl (C=O) groups excluding carboxylic acids is 2. The maximum absolute atomic E-state index is 13.2. The zero-order valence-corrected chi connectivity index (χ0v) is 18.5. The first-order chi connectivity index (χ1) is 16.2. The molecule has 0 radical (unpaired) electrons. The molecule has 0 saturated carbocycles. The third kappa shape index (κ3) is 5.23. The molecular weight excluding hydrogens is 416 g/mol. The summed E-state index contributed by atoms with van der Waals surface area (Å²) in [5.41, 5.74) is 2.13. The first-order valence-corrected chi connectivity index (χ1v) is 11.1. The van der Waals surface area contributed by atoms with Gasteiger partial charge in [0.2, 0.25) is 0 Å². The van der Waals surface area contributed by atoms with E-state index in [9.17, 15) is 9.59 Å². The number of hydrogen-bond donors (Lipinski definition) is 2. The van der Waals surface area contributed by atoms with Crippen molar-refractivity contribution in [3.63, 3.8) is 0 Å². The molecule has 2 aromatic carbocycles. The Morgan fingerprint density at radius 3 is 2.58 bits per heavy atom. The number of amides is 2. The van der Waals surface area contributed by atoms with Gasteiger partial charge in [0, 0.05) is 24.5 Å². The highest BCUT2D eigenvalue weighted by Gasteiger charge is 2.17. The van der Waals surface area contributed by atoms with Crippen LogP contribution in [0.25, 0.3) is 10.8 Å². The Kier molecular flexibility index (Phi) is 7.04. The van der Waals surface area contributed by atoms with E-state index < -0.39 is 0 Å². The van der Waals surface area contributed by atoms with Crippen molar-refractivity contribution in [1.82, 2.24) is 25.3 Å². The molecule has 4 rings (SSSR count). The maximum atomic E-state index is 13.2. The number of unbranched alkanes of at least 4 members (excludes halogenated alkanes) is 2. The fourth-order valence-electron chi connectivity index (χ4n) is 3.73. The number of anilines is 1. The Morgan fingerprint density at radius 1 is 0.939 bits per heavy atom. The van der Waals surface area contributed by atoms with E-state index in [0.717, 1.165) is 35.6 Å². The number of hydrogen-bond acceptors (Lipinski definition) is 5. The van der Waals surface area contributed by atoms with Gasteiger partial charge in [-0.05, 0) is 41.0 Å². The van der Waals surface area contributed by atoms with Crippen molar-refractivity contribution < 1.29 is 9.59 Å². The minimum absolute atomic E-state index is 0.203. The van der Waals surface area contributed by atoms with Gasteiger partial charge in [-0.2, -0.15) is 0 Å². The number of benzene rings is 2. The normalized spacial score (nSPS) is 10.8. The van der Waals surface area contributed by atoms with Gasteiger partial charge >= 0.3 is 0 Å². The molecule has 0 bridgehead atoms. The molecule has 168 valence electrons. The summed E-state index contributed by atoms with van der Waals surface area (Å²) in [4.78, 5) is 30.0. The van der Waals surface area contributed by atoms with Gasteiger partial charge in [0.1, 0.15) is 0 Å². The molecule has 0 atom stereocenters. The van der Waals surface area contributed by atoms with Crippen LogP contribution >= 0.6 is 0 Å². The number of carbonyl (C=O) groups is 2. The molecule has 2 amide bonds. The van der Waals surface area contributed by atoms with E-state index in [1.165, 1.54) is 0 Å². The van der Waals surface area contributed by atoms with Crippen molar-refractivity contribution in [3.05, 3.63) is 83.9 Å². The van der Waals surface area contributed by atoms with E-state index in [0.29, 0.717) is 24.3 Å². The van der Waals surface area contributed by atoms with Crippen LogP contribution in [0.3, 0.4) is 0 Å². The minimum atomic E-state index is -0.300. The monoisotopic (exact) mass is 442 g/mol. The maximum Gasteiger partial charge on any atom is 0.272 e. The summed E-state index contributed by atoms with van der Waals surface area (Å²) in [6.45, 7) is 3.24. The zero-order chi connectivity index (χ0) is 23.0. The van der Waals surface area contributed by atoms with Gasteiger partial charge in [0.05, 0.1) is 18.4 Å². The topological polar surface area (TPSA) is 102 Å². The van der Waals surface area contributed by atoms with E-state index in [1.54, 1.807) is 41.5 Å². The van der Waals surface area contributed by atoms with Gasteiger partial charge in [-0.1, -0.05) is 55.3 Å². The number of aromatic nitrogens is 4. The third-order valence-corrected chi connectivity index (χ3v) is 5.40. The predicted octanol–water partition coefficient (Wildman–Crippen LogP) is 4.05. The first kappa shape index (κ1) is 22.1. The molecule has 33 heavy (non-hydrogen) atoms. The highest BCUT2D eigenvalue weighted by Crippen LogP contribution is 2.25. The van der Waals surface area contributed by atoms with E-state index >= 15 is 0 Å². The fraction of sp³-hybridized carbons (Fsp3) is 0.240. The first-order valence-electron chi connectivity index (χ1n) is 11.1. The molecule has 8 heteroatoms. The highest BCUT2D eigenvalue weighted by atomic mass is 16.2. The van der Waals surface area contributed by atoms with Crippen molar-refractivity contribution in [2.75, 3.05) is 11.9 Å². The van der Waals surface area contributed by atoms with Crippen LogP contribution < -0.4 is 10.6 Å². The van der Waals surface area contributed by atoms with Crippen LogP contribution in [-0.4, -0.2) is 38.3 Å². The van der Waals surface area contributed by atoms with Crippen LogP contribution in [0.2, 0.25) is 0 Å². The smallest absolute Gasteiger partial charge is 0.272 e. The van der Waals surface area contributed by atoms with Crippen molar-refractivity contribution in [2.45, 2.75) is 32.7 Å². The zero-order valence-electron chi connectivity index (χ0n) is 18.5. The molecule has 0 aliphatic rings. The van der Waals surface area contributed by atoms with Crippen LogP contribution in [0, 0.1) is 0 Å². The second-order valence-corrected chi connectivity index (χ2v) is 7.74. The summed E-state index contributed by atoms with van der Waals surface area (Å²) in [6.07, 6.45) is 8.01. The molecule has 0 aliphatic heterocycles. The standard InChI is InChI=1S/C25H26N6O2/c1-2-3-6-13-27-25(33)23-22(10-7-14-26-23)29-24(32)21-12-11-18(17-31-16-15-28-30-31)19-8-4-5-9-20(19)21/h4-5,7-12,14-16H,2-3,6,13,17H2,1H3,(H,27,33)(H,29,32). The lowest BCUT2D eigenvalue weighted by molar-refractivity contribution is 0.0949. The van der Waals surface area contributed by atoms with Crippen molar-refractivity contribution in [2.24, 2.45) is 0 Å². The molecule has 0 unspecified atom stereocenters. The van der Waals surface area contributed by atoms with Gasteiger partial charge in [-0.25, -0.2) is 9.67 Å². The van der Waals surface area contributed by atoms with Crippen molar-refractivity contribution in [1.29, 1.82) is 0 Å². The molecule has 4 aromatic rings. The third-order valence-electron chi connectivity index (χ3n) is 5.40. The molecule has 2 N–H and O–H groups in total. The van der Waals surface area contributed by atoms with Gasteiger partial charge in [-0.15, -0.1) is 5.10 Å². The molecule has 8 nitrogen and oxygen atoms in total. The van der Waals surface area contributed by atoms with Gasteiger partial charge in [0.25, 0.3) is 11.8 Å². The molecule has 2 heterocycles. The second-order valence-electron chi connectivity index (χ2n) is 7.74. The van der Waals surface area contributed by atoms with Gasteiger partial charge in [0.15, 0.2) is 5.69 Å². The SMILES string of the molecule is CCCCCNC(=O)c1ncccc1NC(=O)c1ccc(Cn2ccnn2)c2ccccc12. The lowest BCUT2D eigenvalue weighted by atomic mass is 9.99. The van der Waals surface area contributed by atoms with Crippen LogP contribution in [0.4, 0.5) is 5.69 Å². The van der Waals surface area contributed by atoms with Crippen molar-refractivity contribution in [3.8, 4) is 0 Å². The molecule has 0 saturated heterocycles. The number of nitrogens with one attached hydrogen (secondary N) is 2. The Balaban J connectivity index is 1.57. The molecule has 0 spiro atoms. The highest BCUT2D eigenvalue weighted by molar-refractivity contribution is 6.15. The fourth-order valence-corrected chi connectivity index (χ4v) is 3.73. The average Bonchev–Trinajstić information content (AvgIpc) is 3.35. The number of rotatable bonds is 9. The Morgan fingerprint density at radius 2 is 1.79 bits per heavy atom. The quantitative estimate of drug-likeness (QED) is 0.381. The summed E-state index contributed by atoms with van der Waals surface area (Å²) in [5.74, 6) is -0.596. The Bertz CT molecular complexity index is 1250. The lowest BCUT2D eigenvalue weighted by Crippen LogP contribution is -2.27. The van der Waals surface area contributed by atoms with Crippen LogP contribution in [0.1, 0.15) is 52.6 Å². The van der Waals surface area contributed by atoms with Crippen molar-refractivity contribution >= 4 is 28.3 Å². The van der Waals surface area contributed by atoms with Gasteiger partial charge in [-0.3, -0.25) is 9.59 Å². The van der Waals surface area contributed by atoms with Crippen LogP contribution in [-0.2, 0) is 6.54 Å². The molecule has 0 fully saturated rings. The summed E-state index contributed by atoms with van der Waals surface area (Å²) in [5, 5.41) is 15.4. The summed E-state index contributed by atoms with van der Waals surface area (Å²) in [6, 6.07) is 14.8. The summed E-state index contributed by atoms with van der Waals surface area (Å²) >= 11 is 0. The number of pyridine rings is 1. The van der Waals surface area contributed by atoms with Crippen LogP contribution in [0.5, 0.6) is 0 Å². The van der Waals surface area contributed by atoms with E-state index in [1.807, 2.05) is 30.3 Å². The molecular formula is C25H26N6O2. The molecule has 2 aromatic heterocycles. The largest absolute Gasteiger partial charge is 0.351 e. The second kappa shape index (κ2) is 10.5. The summed E-state index contributed by atoms with van der Waals surface area (Å²) in [7, 11) is 0. The minimum Gasteiger partial charge on any atom is -0.351 e. The summed E-state index contributed by atoms with van der Waals surface area (Å²) < 4.78 is 1.74. The number of nitrogens with zero attached hydrogens (tertiary/aromatic N) is 4. The van der Waals surface area contributed by atoms with E-state index in [2.05, 4.69) is 32.9 Å². The van der Waals surface area contributed by atoms with Gasteiger partial charge < -0.3 is 10.6 Å².